The minimum atomic E-state index is -2.85. The van der Waals surface area contributed by atoms with Gasteiger partial charge in [-0.2, -0.15) is 0 Å². The number of nitrogens with zero attached hydrogens (tertiary/aromatic N) is 4. The van der Waals surface area contributed by atoms with Gasteiger partial charge in [-0.3, -0.25) is 14.7 Å². The van der Waals surface area contributed by atoms with Gasteiger partial charge in [0.05, 0.1) is 34.5 Å². The Bertz CT molecular complexity index is 1480. The molecule has 2 aromatic heterocycles. The van der Waals surface area contributed by atoms with E-state index in [1.807, 2.05) is 30.8 Å². The molecule has 0 radical (unpaired) electrons. The number of pyridine rings is 1. The standard InChI is InChI=1S/C30H39FN4O3S/c1-19(2)33(5)30(36)26-13-25(31)6-7-27(26)35-18-24(29-20(3)14-32-15-28(29)35)12-22-16-34(17-22)21(4)23-8-10-39(37,38)11-9-23/h6-7,13-15,18-19,21-23H,8-12,16-17H2,1-5H3/t21-/m0/s1. The number of carbonyl (C=O) groups excluding carboxylic acids is 1. The number of rotatable bonds is 7. The summed E-state index contributed by atoms with van der Waals surface area (Å²) in [7, 11) is -1.11. The molecule has 2 fully saturated rings. The Labute approximate surface area is 230 Å². The molecule has 0 aliphatic carbocycles. The van der Waals surface area contributed by atoms with Gasteiger partial charge >= 0.3 is 0 Å². The van der Waals surface area contributed by atoms with Crippen LogP contribution in [0.5, 0.6) is 0 Å². The fourth-order valence-electron chi connectivity index (χ4n) is 6.18. The minimum Gasteiger partial charge on any atom is -0.339 e. The molecular formula is C30H39FN4O3S. The first-order chi connectivity index (χ1) is 18.4. The van der Waals surface area contributed by atoms with E-state index in [1.54, 1.807) is 18.0 Å². The second-order valence-electron chi connectivity index (χ2n) is 11.8. The SMILES string of the molecule is Cc1cncc2c1c(CC1CN([C@@H](C)C3CCS(=O)(=O)CC3)C1)cn2-c1ccc(F)cc1C(=O)N(C)C(C)C. The predicted molar refractivity (Wildman–Crippen MR) is 153 cm³/mol. The maximum absolute atomic E-state index is 14.3. The molecule has 2 aliphatic rings. The van der Waals surface area contributed by atoms with Crippen molar-refractivity contribution in [1.29, 1.82) is 0 Å². The second-order valence-corrected chi connectivity index (χ2v) is 14.1. The number of hydrogen-bond donors (Lipinski definition) is 0. The van der Waals surface area contributed by atoms with Crippen LogP contribution in [0.25, 0.3) is 16.6 Å². The van der Waals surface area contributed by atoms with E-state index in [9.17, 15) is 17.6 Å². The van der Waals surface area contributed by atoms with Gasteiger partial charge in [-0.25, -0.2) is 12.8 Å². The monoisotopic (exact) mass is 554 g/mol. The number of aryl methyl sites for hydroxylation is 1. The van der Waals surface area contributed by atoms with Crippen LogP contribution >= 0.6 is 0 Å². The molecule has 0 bridgehead atoms. The average molecular weight is 555 g/mol. The largest absolute Gasteiger partial charge is 0.339 e. The Morgan fingerprint density at radius 3 is 2.51 bits per heavy atom. The number of hydrogen-bond acceptors (Lipinski definition) is 5. The zero-order chi connectivity index (χ0) is 28.1. The zero-order valence-electron chi connectivity index (χ0n) is 23.5. The number of sulfone groups is 1. The van der Waals surface area contributed by atoms with Crippen LogP contribution in [0, 0.1) is 24.6 Å². The first kappa shape index (κ1) is 27.8. The van der Waals surface area contributed by atoms with Crippen molar-refractivity contribution in [3.8, 4) is 5.69 Å². The quantitative estimate of drug-likeness (QED) is 0.425. The van der Waals surface area contributed by atoms with Gasteiger partial charge in [0.2, 0.25) is 0 Å². The van der Waals surface area contributed by atoms with Gasteiger partial charge in [0.1, 0.15) is 15.7 Å². The fraction of sp³-hybridized carbons (Fsp3) is 0.533. The molecule has 0 saturated carbocycles. The summed E-state index contributed by atoms with van der Waals surface area (Å²) in [6, 6.07) is 4.77. The smallest absolute Gasteiger partial charge is 0.256 e. The summed E-state index contributed by atoms with van der Waals surface area (Å²) in [6.45, 7) is 10.1. The Morgan fingerprint density at radius 2 is 1.85 bits per heavy atom. The maximum atomic E-state index is 14.3. The molecule has 2 aliphatic heterocycles. The fourth-order valence-corrected chi connectivity index (χ4v) is 7.71. The third-order valence-electron chi connectivity index (χ3n) is 8.88. The van der Waals surface area contributed by atoms with Gasteiger partial charge in [0.15, 0.2) is 0 Å². The van der Waals surface area contributed by atoms with Gasteiger partial charge in [-0.1, -0.05) is 0 Å². The van der Waals surface area contributed by atoms with Gasteiger partial charge in [-0.05, 0) is 88.1 Å². The van der Waals surface area contributed by atoms with E-state index in [1.165, 1.54) is 17.7 Å². The Morgan fingerprint density at radius 1 is 1.15 bits per heavy atom. The van der Waals surface area contributed by atoms with Crippen LogP contribution in [0.3, 0.4) is 0 Å². The van der Waals surface area contributed by atoms with Crippen molar-refractivity contribution < 1.29 is 17.6 Å². The molecule has 5 rings (SSSR count). The molecule has 0 spiro atoms. The van der Waals surface area contributed by atoms with E-state index in [2.05, 4.69) is 29.9 Å². The average Bonchev–Trinajstić information content (AvgIpc) is 3.24. The molecule has 7 nitrogen and oxygen atoms in total. The van der Waals surface area contributed by atoms with Crippen LogP contribution in [-0.4, -0.2) is 77.4 Å². The highest BCUT2D eigenvalue weighted by Crippen LogP contribution is 2.35. The minimum absolute atomic E-state index is 0.0172. The van der Waals surface area contributed by atoms with Crippen LogP contribution < -0.4 is 0 Å². The van der Waals surface area contributed by atoms with Crippen LogP contribution in [0.15, 0.2) is 36.8 Å². The third kappa shape index (κ3) is 5.48. The number of carbonyl (C=O) groups is 1. The lowest BCUT2D eigenvalue weighted by Crippen LogP contribution is -2.54. The summed E-state index contributed by atoms with van der Waals surface area (Å²) in [5.74, 6) is 0.892. The van der Waals surface area contributed by atoms with Gasteiger partial charge in [0, 0.05) is 50.0 Å². The van der Waals surface area contributed by atoms with E-state index >= 15 is 0 Å². The summed E-state index contributed by atoms with van der Waals surface area (Å²) in [5.41, 5.74) is 4.16. The molecule has 1 aromatic carbocycles. The molecule has 1 atom stereocenters. The summed E-state index contributed by atoms with van der Waals surface area (Å²) < 4.78 is 40.0. The Kier molecular flexibility index (Phi) is 7.59. The van der Waals surface area contributed by atoms with Crippen molar-refractivity contribution >= 4 is 26.6 Å². The first-order valence-corrected chi connectivity index (χ1v) is 15.7. The van der Waals surface area contributed by atoms with Crippen LogP contribution in [0.4, 0.5) is 4.39 Å². The van der Waals surface area contributed by atoms with Crippen molar-refractivity contribution in [2.45, 2.75) is 59.0 Å². The lowest BCUT2D eigenvalue weighted by atomic mass is 9.86. The van der Waals surface area contributed by atoms with Crippen molar-refractivity contribution in [1.82, 2.24) is 19.4 Å². The molecule has 9 heteroatoms. The molecule has 1 amide bonds. The number of fused-ring (bicyclic) bond motifs is 1. The van der Waals surface area contributed by atoms with E-state index in [0.29, 0.717) is 40.6 Å². The summed E-state index contributed by atoms with van der Waals surface area (Å²) >= 11 is 0. The number of amides is 1. The van der Waals surface area contributed by atoms with E-state index in [-0.39, 0.29) is 11.9 Å². The zero-order valence-corrected chi connectivity index (χ0v) is 24.3. The molecule has 2 saturated heterocycles. The maximum Gasteiger partial charge on any atom is 0.256 e. The molecule has 39 heavy (non-hydrogen) atoms. The topological polar surface area (TPSA) is 75.5 Å². The molecular weight excluding hydrogens is 515 g/mol. The third-order valence-corrected chi connectivity index (χ3v) is 10.6. The van der Waals surface area contributed by atoms with E-state index in [0.717, 1.165) is 48.8 Å². The van der Waals surface area contributed by atoms with Crippen LogP contribution in [0.2, 0.25) is 0 Å². The second kappa shape index (κ2) is 10.7. The highest BCUT2D eigenvalue weighted by Gasteiger charge is 2.36. The highest BCUT2D eigenvalue weighted by molar-refractivity contribution is 7.91. The Balaban J connectivity index is 1.40. The van der Waals surface area contributed by atoms with E-state index < -0.39 is 15.7 Å². The first-order valence-electron chi connectivity index (χ1n) is 13.9. The van der Waals surface area contributed by atoms with Crippen molar-refractivity contribution in [2.24, 2.45) is 11.8 Å². The normalized spacial score (nSPS) is 19.4. The summed E-state index contributed by atoms with van der Waals surface area (Å²) in [6.07, 6.45) is 8.20. The number of aromatic nitrogens is 2. The van der Waals surface area contributed by atoms with Crippen molar-refractivity contribution in [3.05, 3.63) is 59.3 Å². The predicted octanol–water partition coefficient (Wildman–Crippen LogP) is 4.64. The van der Waals surface area contributed by atoms with Gasteiger partial charge < -0.3 is 9.47 Å². The lowest BCUT2D eigenvalue weighted by molar-refractivity contribution is 0.0309. The summed E-state index contributed by atoms with van der Waals surface area (Å²) in [5, 5.41) is 1.13. The molecule has 210 valence electrons. The van der Waals surface area contributed by atoms with Crippen molar-refractivity contribution in [2.75, 3.05) is 31.6 Å². The molecule has 0 unspecified atom stereocenters. The summed E-state index contributed by atoms with van der Waals surface area (Å²) in [4.78, 5) is 21.9. The molecule has 0 N–H and O–H groups in total. The number of benzene rings is 1. The van der Waals surface area contributed by atoms with Crippen molar-refractivity contribution in [3.63, 3.8) is 0 Å². The van der Waals surface area contributed by atoms with Crippen LogP contribution in [0.1, 0.15) is 55.1 Å². The molecule has 3 aromatic rings. The van der Waals surface area contributed by atoms with Crippen LogP contribution in [-0.2, 0) is 16.3 Å². The Hall–Kier alpha value is -2.78. The lowest BCUT2D eigenvalue weighted by Gasteiger charge is -2.46. The van der Waals surface area contributed by atoms with Gasteiger partial charge in [-0.15, -0.1) is 0 Å². The number of halogens is 1. The highest BCUT2D eigenvalue weighted by atomic mass is 32.2. The van der Waals surface area contributed by atoms with Gasteiger partial charge in [0.25, 0.3) is 5.91 Å². The molecule has 4 heterocycles. The van der Waals surface area contributed by atoms with E-state index in [4.69, 9.17) is 0 Å². The number of likely N-dealkylation sites (tertiary alicyclic amines) is 1.